The Morgan fingerprint density at radius 3 is 2.72 bits per heavy atom. The van der Waals surface area contributed by atoms with E-state index in [1.165, 1.54) is 0 Å². The summed E-state index contributed by atoms with van der Waals surface area (Å²) in [7, 11) is 0. The lowest BCUT2D eigenvalue weighted by molar-refractivity contribution is -0.121. The fourth-order valence-corrected chi connectivity index (χ4v) is 1.41. The molecule has 0 saturated carbocycles. The summed E-state index contributed by atoms with van der Waals surface area (Å²) in [4.78, 5) is 11.7. The number of carbonyl (C=O) groups is 1. The van der Waals surface area contributed by atoms with Crippen LogP contribution in [0.15, 0.2) is 24.3 Å². The van der Waals surface area contributed by atoms with Crippen molar-refractivity contribution >= 4 is 11.6 Å². The van der Waals surface area contributed by atoms with Gasteiger partial charge in [0.2, 0.25) is 5.91 Å². The van der Waals surface area contributed by atoms with Crippen molar-refractivity contribution in [1.82, 2.24) is 0 Å². The van der Waals surface area contributed by atoms with Gasteiger partial charge in [-0.3, -0.25) is 4.79 Å². The average molecular weight is 251 g/mol. The molecule has 0 fully saturated rings. The lowest BCUT2D eigenvalue weighted by Crippen LogP contribution is -2.21. The smallest absolute Gasteiger partial charge is 0.250 e. The van der Waals surface area contributed by atoms with E-state index < -0.39 is 0 Å². The molecule has 4 nitrogen and oxygen atoms in total. The van der Waals surface area contributed by atoms with E-state index in [0.717, 1.165) is 11.3 Å². The van der Waals surface area contributed by atoms with Gasteiger partial charge < -0.3 is 14.8 Å². The van der Waals surface area contributed by atoms with Crippen LogP contribution in [0.1, 0.15) is 26.3 Å². The minimum Gasteiger partial charge on any atom is -0.377 e. The van der Waals surface area contributed by atoms with Gasteiger partial charge >= 0.3 is 0 Å². The second-order valence-corrected chi connectivity index (χ2v) is 4.20. The number of carbonyl (C=O) groups excluding carboxylic acids is 1. The molecule has 4 heteroatoms. The van der Waals surface area contributed by atoms with Gasteiger partial charge in [-0.05, 0) is 26.8 Å². The van der Waals surface area contributed by atoms with E-state index in [1.54, 1.807) is 0 Å². The van der Waals surface area contributed by atoms with E-state index >= 15 is 0 Å². The van der Waals surface area contributed by atoms with Crippen LogP contribution in [-0.2, 0) is 20.9 Å². The molecule has 0 aliphatic carbocycles. The Hall–Kier alpha value is -1.39. The third kappa shape index (κ3) is 5.29. The third-order valence-electron chi connectivity index (χ3n) is 2.30. The molecule has 0 aliphatic heterocycles. The summed E-state index contributed by atoms with van der Waals surface area (Å²) in [6, 6.07) is 7.61. The zero-order chi connectivity index (χ0) is 13.4. The molecular formula is C14H21NO3. The lowest BCUT2D eigenvalue weighted by atomic mass is 10.2. The number of benzene rings is 1. The standard InChI is InChI=1S/C14H21NO3/c1-4-17-9-12-7-5-6-8-13(12)15-14(16)10-18-11(2)3/h5-8,11H,4,9-10H2,1-3H3,(H,15,16). The van der Waals surface area contributed by atoms with E-state index in [9.17, 15) is 4.79 Å². The van der Waals surface area contributed by atoms with Crippen molar-refractivity contribution in [2.24, 2.45) is 0 Å². The highest BCUT2D eigenvalue weighted by atomic mass is 16.5. The normalized spacial score (nSPS) is 10.7. The first-order valence-corrected chi connectivity index (χ1v) is 6.20. The van der Waals surface area contributed by atoms with Crippen LogP contribution in [0.2, 0.25) is 0 Å². The van der Waals surface area contributed by atoms with Crippen molar-refractivity contribution in [1.29, 1.82) is 0 Å². The van der Waals surface area contributed by atoms with Crippen LogP contribution in [0.3, 0.4) is 0 Å². The maximum absolute atomic E-state index is 11.7. The zero-order valence-electron chi connectivity index (χ0n) is 11.2. The molecule has 0 unspecified atom stereocenters. The average Bonchev–Trinajstić information content (AvgIpc) is 2.35. The van der Waals surface area contributed by atoms with E-state index in [4.69, 9.17) is 9.47 Å². The van der Waals surface area contributed by atoms with Crippen molar-refractivity contribution in [3.05, 3.63) is 29.8 Å². The largest absolute Gasteiger partial charge is 0.377 e. The van der Waals surface area contributed by atoms with Crippen LogP contribution in [0.4, 0.5) is 5.69 Å². The number of hydrogen-bond acceptors (Lipinski definition) is 3. The fraction of sp³-hybridized carbons (Fsp3) is 0.500. The molecule has 1 aromatic rings. The van der Waals surface area contributed by atoms with Crippen LogP contribution in [-0.4, -0.2) is 25.2 Å². The molecule has 0 heterocycles. The number of hydrogen-bond donors (Lipinski definition) is 1. The minimum atomic E-state index is -0.146. The fourth-order valence-electron chi connectivity index (χ4n) is 1.41. The molecule has 18 heavy (non-hydrogen) atoms. The van der Waals surface area contributed by atoms with Gasteiger partial charge in [0, 0.05) is 17.9 Å². The van der Waals surface area contributed by atoms with E-state index in [2.05, 4.69) is 5.32 Å². The van der Waals surface area contributed by atoms with E-state index in [1.807, 2.05) is 45.0 Å². The topological polar surface area (TPSA) is 47.6 Å². The Kier molecular flexibility index (Phi) is 6.39. The first-order valence-electron chi connectivity index (χ1n) is 6.20. The Bertz CT molecular complexity index is 377. The number of para-hydroxylation sites is 1. The lowest BCUT2D eigenvalue weighted by Gasteiger charge is -2.12. The van der Waals surface area contributed by atoms with Gasteiger partial charge in [0.1, 0.15) is 6.61 Å². The second kappa shape index (κ2) is 7.84. The molecule has 0 aromatic heterocycles. The summed E-state index contributed by atoms with van der Waals surface area (Å²) in [5, 5.41) is 2.83. The molecule has 1 N–H and O–H groups in total. The van der Waals surface area contributed by atoms with Gasteiger partial charge in [-0.2, -0.15) is 0 Å². The molecule has 0 radical (unpaired) electrons. The van der Waals surface area contributed by atoms with Crippen molar-refractivity contribution in [2.75, 3.05) is 18.5 Å². The number of rotatable bonds is 7. The molecule has 0 saturated heterocycles. The molecule has 100 valence electrons. The van der Waals surface area contributed by atoms with E-state index in [0.29, 0.717) is 13.2 Å². The summed E-state index contributed by atoms with van der Waals surface area (Å²) in [5.41, 5.74) is 1.75. The Balaban J connectivity index is 2.57. The first-order chi connectivity index (χ1) is 8.63. The summed E-state index contributed by atoms with van der Waals surface area (Å²) in [6.07, 6.45) is 0.0504. The molecule has 0 spiro atoms. The summed E-state index contributed by atoms with van der Waals surface area (Å²) in [5.74, 6) is -0.146. The van der Waals surface area contributed by atoms with Gasteiger partial charge in [0.15, 0.2) is 0 Å². The van der Waals surface area contributed by atoms with Crippen LogP contribution >= 0.6 is 0 Å². The van der Waals surface area contributed by atoms with Crippen molar-refractivity contribution in [2.45, 2.75) is 33.5 Å². The zero-order valence-corrected chi connectivity index (χ0v) is 11.2. The number of amides is 1. The Morgan fingerprint density at radius 2 is 2.06 bits per heavy atom. The predicted octanol–water partition coefficient (Wildman–Crippen LogP) is 2.59. The SMILES string of the molecule is CCOCc1ccccc1NC(=O)COC(C)C. The molecular weight excluding hydrogens is 230 g/mol. The highest BCUT2D eigenvalue weighted by Crippen LogP contribution is 2.15. The quantitative estimate of drug-likeness (QED) is 0.810. The molecule has 0 bridgehead atoms. The van der Waals surface area contributed by atoms with Crippen LogP contribution in [0.5, 0.6) is 0 Å². The molecule has 1 aromatic carbocycles. The van der Waals surface area contributed by atoms with Crippen LogP contribution in [0.25, 0.3) is 0 Å². The summed E-state index contributed by atoms with van der Waals surface area (Å²) >= 11 is 0. The van der Waals surface area contributed by atoms with Gasteiger partial charge in [-0.25, -0.2) is 0 Å². The van der Waals surface area contributed by atoms with Gasteiger partial charge in [0.25, 0.3) is 0 Å². The third-order valence-corrected chi connectivity index (χ3v) is 2.30. The number of nitrogens with one attached hydrogen (secondary N) is 1. The van der Waals surface area contributed by atoms with Crippen LogP contribution < -0.4 is 5.32 Å². The summed E-state index contributed by atoms with van der Waals surface area (Å²) < 4.78 is 10.6. The van der Waals surface area contributed by atoms with Crippen molar-refractivity contribution in [3.63, 3.8) is 0 Å². The van der Waals surface area contributed by atoms with Crippen LogP contribution in [0, 0.1) is 0 Å². The highest BCUT2D eigenvalue weighted by molar-refractivity contribution is 5.92. The number of ether oxygens (including phenoxy) is 2. The molecule has 1 amide bonds. The van der Waals surface area contributed by atoms with Crippen molar-refractivity contribution in [3.8, 4) is 0 Å². The maximum Gasteiger partial charge on any atom is 0.250 e. The monoisotopic (exact) mass is 251 g/mol. The molecule has 1 rings (SSSR count). The summed E-state index contributed by atoms with van der Waals surface area (Å²) in [6.45, 7) is 6.96. The van der Waals surface area contributed by atoms with Gasteiger partial charge in [-0.1, -0.05) is 18.2 Å². The molecule has 0 aliphatic rings. The maximum atomic E-state index is 11.7. The Morgan fingerprint density at radius 1 is 1.33 bits per heavy atom. The second-order valence-electron chi connectivity index (χ2n) is 4.20. The number of anilines is 1. The van der Waals surface area contributed by atoms with Gasteiger partial charge in [0.05, 0.1) is 12.7 Å². The molecule has 0 atom stereocenters. The van der Waals surface area contributed by atoms with Gasteiger partial charge in [-0.15, -0.1) is 0 Å². The highest BCUT2D eigenvalue weighted by Gasteiger charge is 2.07. The van der Waals surface area contributed by atoms with E-state index in [-0.39, 0.29) is 18.6 Å². The first kappa shape index (κ1) is 14.7. The Labute approximate surface area is 108 Å². The minimum absolute atomic E-state index is 0.0504. The van der Waals surface area contributed by atoms with Crippen molar-refractivity contribution < 1.29 is 14.3 Å². The predicted molar refractivity (Wildman–Crippen MR) is 71.5 cm³/mol.